The molecule has 1 aliphatic heterocycles. The Morgan fingerprint density at radius 1 is 1.50 bits per heavy atom. The molecule has 1 amide bonds. The van der Waals surface area contributed by atoms with Crippen LogP contribution in [0.5, 0.6) is 0 Å². The molecule has 0 saturated heterocycles. The molecule has 2 rings (SSSR count). The largest absolute Gasteiger partial charge is 0.449 e. The zero-order chi connectivity index (χ0) is 13.1. The Bertz CT molecular complexity index is 432. The first-order valence-electron chi connectivity index (χ1n) is 6.35. The Labute approximate surface area is 108 Å². The van der Waals surface area contributed by atoms with Crippen LogP contribution in [0.1, 0.15) is 19.4 Å². The molecule has 0 bridgehead atoms. The van der Waals surface area contributed by atoms with E-state index in [9.17, 15) is 4.79 Å². The van der Waals surface area contributed by atoms with Crippen molar-refractivity contribution in [3.05, 3.63) is 29.8 Å². The molecule has 4 heteroatoms. The van der Waals surface area contributed by atoms with Gasteiger partial charge in [0, 0.05) is 12.6 Å². The number of para-hydroxylation sites is 1. The maximum Gasteiger partial charge on any atom is 0.414 e. The zero-order valence-electron chi connectivity index (χ0n) is 10.9. The van der Waals surface area contributed by atoms with E-state index in [1.54, 1.807) is 4.90 Å². The van der Waals surface area contributed by atoms with Gasteiger partial charge in [0.05, 0.1) is 12.3 Å². The highest BCUT2D eigenvalue weighted by molar-refractivity contribution is 5.89. The first kappa shape index (κ1) is 12.9. The first-order chi connectivity index (χ1) is 8.58. The minimum atomic E-state index is -0.300. The molecule has 0 saturated carbocycles. The van der Waals surface area contributed by atoms with Gasteiger partial charge in [-0.1, -0.05) is 32.0 Å². The van der Waals surface area contributed by atoms with Crippen LogP contribution in [-0.2, 0) is 11.2 Å². The fourth-order valence-corrected chi connectivity index (χ4v) is 2.12. The Balaban J connectivity index is 2.15. The molecule has 1 aliphatic rings. The summed E-state index contributed by atoms with van der Waals surface area (Å²) in [6, 6.07) is 7.83. The molecule has 0 aromatic heterocycles. The van der Waals surface area contributed by atoms with Gasteiger partial charge in [-0.2, -0.15) is 0 Å². The summed E-state index contributed by atoms with van der Waals surface area (Å²) in [6.45, 7) is 4.99. The summed E-state index contributed by atoms with van der Waals surface area (Å²) >= 11 is 0. The van der Waals surface area contributed by atoms with Crippen molar-refractivity contribution in [1.29, 1.82) is 0 Å². The fraction of sp³-hybridized carbons (Fsp3) is 0.500. The van der Waals surface area contributed by atoms with Crippen molar-refractivity contribution in [2.75, 3.05) is 18.1 Å². The summed E-state index contributed by atoms with van der Waals surface area (Å²) in [5.74, 6) is 0.336. The molecule has 1 aromatic carbocycles. The van der Waals surface area contributed by atoms with E-state index in [4.69, 9.17) is 10.5 Å². The number of ether oxygens (including phenoxy) is 1. The van der Waals surface area contributed by atoms with Gasteiger partial charge in [-0.15, -0.1) is 0 Å². The number of anilines is 1. The highest BCUT2D eigenvalue weighted by Gasteiger charge is 2.27. The summed E-state index contributed by atoms with van der Waals surface area (Å²) < 4.78 is 5.28. The molecular weight excluding hydrogens is 228 g/mol. The van der Waals surface area contributed by atoms with Gasteiger partial charge in [-0.3, -0.25) is 4.90 Å². The second-order valence-electron chi connectivity index (χ2n) is 5.17. The molecule has 0 aliphatic carbocycles. The molecule has 1 unspecified atom stereocenters. The van der Waals surface area contributed by atoms with E-state index >= 15 is 0 Å². The number of amides is 1. The van der Waals surface area contributed by atoms with E-state index in [-0.39, 0.29) is 12.1 Å². The van der Waals surface area contributed by atoms with E-state index in [0.29, 0.717) is 19.1 Å². The van der Waals surface area contributed by atoms with Crippen molar-refractivity contribution in [2.45, 2.75) is 26.3 Å². The van der Waals surface area contributed by atoms with Gasteiger partial charge in [0.1, 0.15) is 0 Å². The summed E-state index contributed by atoms with van der Waals surface area (Å²) in [7, 11) is 0. The molecule has 0 fully saturated rings. The number of hydrogen-bond donors (Lipinski definition) is 1. The quantitative estimate of drug-likeness (QED) is 0.872. The molecule has 1 heterocycles. The van der Waals surface area contributed by atoms with Crippen LogP contribution in [0.4, 0.5) is 10.5 Å². The molecule has 1 aromatic rings. The van der Waals surface area contributed by atoms with Crippen LogP contribution < -0.4 is 10.6 Å². The van der Waals surface area contributed by atoms with Gasteiger partial charge in [-0.25, -0.2) is 4.79 Å². The summed E-state index contributed by atoms with van der Waals surface area (Å²) in [5.41, 5.74) is 8.02. The average Bonchev–Trinajstić information content (AvgIpc) is 2.34. The maximum atomic E-state index is 12.1. The van der Waals surface area contributed by atoms with E-state index in [0.717, 1.165) is 17.7 Å². The number of hydrogen-bond acceptors (Lipinski definition) is 3. The topological polar surface area (TPSA) is 55.6 Å². The van der Waals surface area contributed by atoms with E-state index < -0.39 is 0 Å². The Kier molecular flexibility index (Phi) is 3.87. The van der Waals surface area contributed by atoms with Crippen molar-refractivity contribution in [3.8, 4) is 0 Å². The van der Waals surface area contributed by atoms with Crippen LogP contribution in [0.25, 0.3) is 0 Å². The van der Waals surface area contributed by atoms with Crippen LogP contribution in [0, 0.1) is 5.92 Å². The number of carbonyl (C=O) groups is 1. The average molecular weight is 248 g/mol. The molecular formula is C14H20N2O2. The van der Waals surface area contributed by atoms with Gasteiger partial charge in [0.2, 0.25) is 0 Å². The van der Waals surface area contributed by atoms with Crippen molar-refractivity contribution >= 4 is 11.8 Å². The third-order valence-electron chi connectivity index (χ3n) is 2.94. The zero-order valence-corrected chi connectivity index (χ0v) is 10.9. The molecule has 18 heavy (non-hydrogen) atoms. The molecule has 4 nitrogen and oxygen atoms in total. The fourth-order valence-electron chi connectivity index (χ4n) is 2.12. The van der Waals surface area contributed by atoms with Crippen LogP contribution in [0.2, 0.25) is 0 Å². The van der Waals surface area contributed by atoms with Gasteiger partial charge in [0.25, 0.3) is 0 Å². The maximum absolute atomic E-state index is 12.1. The van der Waals surface area contributed by atoms with Gasteiger partial charge in [0.15, 0.2) is 0 Å². The number of nitrogens with zero attached hydrogens (tertiary/aromatic N) is 1. The molecule has 0 spiro atoms. The monoisotopic (exact) mass is 248 g/mol. The van der Waals surface area contributed by atoms with E-state index in [2.05, 4.69) is 0 Å². The van der Waals surface area contributed by atoms with Gasteiger partial charge in [-0.05, 0) is 24.0 Å². The van der Waals surface area contributed by atoms with Crippen LogP contribution in [0.15, 0.2) is 24.3 Å². The predicted octanol–water partition coefficient (Wildman–Crippen LogP) is 2.17. The third kappa shape index (κ3) is 2.82. The second kappa shape index (κ2) is 5.40. The van der Waals surface area contributed by atoms with Gasteiger partial charge >= 0.3 is 6.09 Å². The van der Waals surface area contributed by atoms with Gasteiger partial charge < -0.3 is 10.5 Å². The Morgan fingerprint density at radius 3 is 2.94 bits per heavy atom. The summed E-state index contributed by atoms with van der Waals surface area (Å²) in [5, 5.41) is 0. The number of fused-ring (bicyclic) bond motifs is 1. The third-order valence-corrected chi connectivity index (χ3v) is 2.94. The normalized spacial score (nSPS) is 18.7. The molecule has 98 valence electrons. The highest BCUT2D eigenvalue weighted by Crippen LogP contribution is 2.26. The number of rotatable bonds is 2. The summed E-state index contributed by atoms with van der Waals surface area (Å²) in [6.07, 6.45) is 0.510. The smallest absolute Gasteiger partial charge is 0.414 e. The van der Waals surface area contributed by atoms with Crippen molar-refractivity contribution in [1.82, 2.24) is 0 Å². The first-order valence-corrected chi connectivity index (χ1v) is 6.35. The lowest BCUT2D eigenvalue weighted by molar-refractivity contribution is 0.139. The summed E-state index contributed by atoms with van der Waals surface area (Å²) in [4.78, 5) is 13.7. The molecule has 2 N–H and O–H groups in total. The Morgan fingerprint density at radius 2 is 2.22 bits per heavy atom. The second-order valence-corrected chi connectivity index (χ2v) is 5.17. The van der Waals surface area contributed by atoms with Crippen LogP contribution in [-0.4, -0.2) is 25.3 Å². The van der Waals surface area contributed by atoms with Crippen LogP contribution >= 0.6 is 0 Å². The number of benzene rings is 1. The predicted molar refractivity (Wildman–Crippen MR) is 71.7 cm³/mol. The highest BCUT2D eigenvalue weighted by atomic mass is 16.6. The lowest BCUT2D eigenvalue weighted by Gasteiger charge is -2.32. The van der Waals surface area contributed by atoms with E-state index in [1.807, 2.05) is 38.1 Å². The lowest BCUT2D eigenvalue weighted by atomic mass is 9.99. The standard InChI is InChI=1S/C14H20N2O2/c1-10(2)9-18-14(17)16-8-12(15)7-11-5-3-4-6-13(11)16/h3-6,10,12H,7-9,15H2,1-2H3. The Hall–Kier alpha value is -1.55. The van der Waals surface area contributed by atoms with Crippen LogP contribution in [0.3, 0.4) is 0 Å². The minimum Gasteiger partial charge on any atom is -0.449 e. The van der Waals surface area contributed by atoms with Crippen molar-refractivity contribution < 1.29 is 9.53 Å². The van der Waals surface area contributed by atoms with Crippen molar-refractivity contribution in [2.24, 2.45) is 11.7 Å². The van der Waals surface area contributed by atoms with E-state index in [1.165, 1.54) is 0 Å². The molecule has 1 atom stereocenters. The lowest BCUT2D eigenvalue weighted by Crippen LogP contribution is -2.46. The SMILES string of the molecule is CC(C)COC(=O)N1CC(N)Cc2ccccc21. The number of carbonyl (C=O) groups excluding carboxylic acids is 1. The minimum absolute atomic E-state index is 0.0218. The van der Waals surface area contributed by atoms with Crippen molar-refractivity contribution in [3.63, 3.8) is 0 Å². The molecule has 0 radical (unpaired) electrons. The number of nitrogens with two attached hydrogens (primary N) is 1.